The van der Waals surface area contributed by atoms with E-state index >= 15 is 0 Å². The zero-order valence-corrected chi connectivity index (χ0v) is 10.6. The van der Waals surface area contributed by atoms with Gasteiger partial charge in [-0.3, -0.25) is 4.79 Å². The van der Waals surface area contributed by atoms with E-state index in [4.69, 9.17) is 5.11 Å². The van der Waals surface area contributed by atoms with E-state index in [1.165, 1.54) is 6.08 Å². The molecule has 1 atom stereocenters. The summed E-state index contributed by atoms with van der Waals surface area (Å²) in [6.07, 6.45) is 3.18. The fourth-order valence-corrected chi connectivity index (χ4v) is 1.53. The number of aliphatic hydroxyl groups excluding tert-OH is 1. The highest BCUT2D eigenvalue weighted by atomic mass is 79.9. The molecule has 0 aliphatic heterocycles. The molecule has 0 saturated carbocycles. The van der Waals surface area contributed by atoms with Gasteiger partial charge in [-0.05, 0) is 24.6 Å². The molecule has 0 radical (unpaired) electrons. The first kappa shape index (κ1) is 12.9. The molecule has 1 amide bonds. The molecule has 0 bridgehead atoms. The molecule has 4 heteroatoms. The van der Waals surface area contributed by atoms with Crippen molar-refractivity contribution in [3.05, 3.63) is 40.4 Å². The molecular formula is C12H14BrNO2. The smallest absolute Gasteiger partial charge is 0.244 e. The summed E-state index contributed by atoms with van der Waals surface area (Å²) in [6, 6.07) is 7.40. The predicted molar refractivity (Wildman–Crippen MR) is 67.9 cm³/mol. The molecule has 1 rings (SSSR count). The number of benzene rings is 1. The van der Waals surface area contributed by atoms with Gasteiger partial charge < -0.3 is 10.4 Å². The van der Waals surface area contributed by atoms with Crippen molar-refractivity contribution >= 4 is 27.9 Å². The number of hydrogen-bond donors (Lipinski definition) is 2. The van der Waals surface area contributed by atoms with Gasteiger partial charge in [-0.15, -0.1) is 0 Å². The lowest BCUT2D eigenvalue weighted by atomic mass is 10.2. The van der Waals surface area contributed by atoms with Gasteiger partial charge in [0, 0.05) is 16.6 Å². The molecular weight excluding hydrogens is 270 g/mol. The van der Waals surface area contributed by atoms with Crippen molar-refractivity contribution in [3.63, 3.8) is 0 Å². The second kappa shape index (κ2) is 6.45. The van der Waals surface area contributed by atoms with Crippen LogP contribution >= 0.6 is 15.9 Å². The van der Waals surface area contributed by atoms with Gasteiger partial charge in [-0.1, -0.05) is 34.1 Å². The number of halogens is 1. The van der Waals surface area contributed by atoms with E-state index in [2.05, 4.69) is 21.2 Å². The SMILES string of the molecule is C[C@H](CO)NC(=O)C=Cc1ccccc1Br. The molecule has 2 N–H and O–H groups in total. The fourth-order valence-electron chi connectivity index (χ4n) is 1.11. The molecule has 86 valence electrons. The van der Waals surface area contributed by atoms with Gasteiger partial charge in [0.15, 0.2) is 0 Å². The van der Waals surface area contributed by atoms with Crippen LogP contribution in [0.25, 0.3) is 6.08 Å². The highest BCUT2D eigenvalue weighted by molar-refractivity contribution is 9.10. The van der Waals surface area contributed by atoms with E-state index in [1.807, 2.05) is 24.3 Å². The lowest BCUT2D eigenvalue weighted by Gasteiger charge is -2.07. The van der Waals surface area contributed by atoms with Crippen LogP contribution in [0.5, 0.6) is 0 Å². The normalized spacial score (nSPS) is 12.7. The molecule has 0 unspecified atom stereocenters. The third-order valence-electron chi connectivity index (χ3n) is 1.98. The Kier molecular flexibility index (Phi) is 5.22. The van der Waals surface area contributed by atoms with Crippen molar-refractivity contribution in [1.29, 1.82) is 0 Å². The molecule has 0 spiro atoms. The molecule has 16 heavy (non-hydrogen) atoms. The summed E-state index contributed by atoms with van der Waals surface area (Å²) in [4.78, 5) is 11.4. The van der Waals surface area contributed by atoms with Gasteiger partial charge in [0.05, 0.1) is 6.61 Å². The van der Waals surface area contributed by atoms with E-state index in [1.54, 1.807) is 13.0 Å². The zero-order chi connectivity index (χ0) is 12.0. The topological polar surface area (TPSA) is 49.3 Å². The average Bonchev–Trinajstić information content (AvgIpc) is 2.28. The summed E-state index contributed by atoms with van der Waals surface area (Å²) < 4.78 is 0.939. The number of hydrogen-bond acceptors (Lipinski definition) is 2. The molecule has 0 fully saturated rings. The van der Waals surface area contributed by atoms with Crippen LogP contribution in [0.2, 0.25) is 0 Å². The lowest BCUT2D eigenvalue weighted by molar-refractivity contribution is -0.117. The van der Waals surface area contributed by atoms with Crippen LogP contribution in [-0.2, 0) is 4.79 Å². The van der Waals surface area contributed by atoms with Gasteiger partial charge in [0.2, 0.25) is 5.91 Å². The van der Waals surface area contributed by atoms with Crippen LogP contribution in [0.3, 0.4) is 0 Å². The van der Waals surface area contributed by atoms with Crippen LogP contribution in [0.15, 0.2) is 34.8 Å². The van der Waals surface area contributed by atoms with E-state index < -0.39 is 0 Å². The second-order valence-corrected chi connectivity index (χ2v) is 4.30. The predicted octanol–water partition coefficient (Wildman–Crippen LogP) is 1.96. The van der Waals surface area contributed by atoms with Gasteiger partial charge in [-0.25, -0.2) is 0 Å². The summed E-state index contributed by atoms with van der Waals surface area (Å²) in [6.45, 7) is 1.68. The van der Waals surface area contributed by atoms with Crippen LogP contribution in [-0.4, -0.2) is 23.7 Å². The maximum Gasteiger partial charge on any atom is 0.244 e. The third kappa shape index (κ3) is 4.16. The van der Waals surface area contributed by atoms with Crippen molar-refractivity contribution in [2.24, 2.45) is 0 Å². The van der Waals surface area contributed by atoms with Crippen LogP contribution in [0, 0.1) is 0 Å². The standard InChI is InChI=1S/C12H14BrNO2/c1-9(8-15)14-12(16)7-6-10-4-2-3-5-11(10)13/h2-7,9,15H,8H2,1H3,(H,14,16)/t9-/m1/s1. The number of carbonyl (C=O) groups excluding carboxylic acids is 1. The number of rotatable bonds is 4. The Morgan fingerprint density at radius 1 is 1.56 bits per heavy atom. The molecule has 1 aromatic carbocycles. The van der Waals surface area contributed by atoms with Gasteiger partial charge >= 0.3 is 0 Å². The Morgan fingerprint density at radius 2 is 2.25 bits per heavy atom. The minimum absolute atomic E-state index is 0.0609. The van der Waals surface area contributed by atoms with Crippen molar-refractivity contribution in [1.82, 2.24) is 5.32 Å². The van der Waals surface area contributed by atoms with E-state index in [0.29, 0.717) is 0 Å². The highest BCUT2D eigenvalue weighted by Gasteiger charge is 2.02. The summed E-state index contributed by atoms with van der Waals surface area (Å²) >= 11 is 3.39. The van der Waals surface area contributed by atoms with Gasteiger partial charge in [0.1, 0.15) is 0 Å². The Morgan fingerprint density at radius 3 is 2.88 bits per heavy atom. The molecule has 0 aliphatic rings. The first-order valence-corrected chi connectivity index (χ1v) is 5.76. The Hall–Kier alpha value is -1.13. The quantitative estimate of drug-likeness (QED) is 0.830. The average molecular weight is 284 g/mol. The highest BCUT2D eigenvalue weighted by Crippen LogP contribution is 2.16. The molecule has 0 heterocycles. The molecule has 3 nitrogen and oxygen atoms in total. The first-order valence-electron chi connectivity index (χ1n) is 4.97. The van der Waals surface area contributed by atoms with Crippen molar-refractivity contribution in [2.45, 2.75) is 13.0 Å². The molecule has 0 aromatic heterocycles. The van der Waals surface area contributed by atoms with Crippen LogP contribution in [0.4, 0.5) is 0 Å². The molecule has 1 aromatic rings. The molecule has 0 aliphatic carbocycles. The minimum atomic E-state index is -0.226. The minimum Gasteiger partial charge on any atom is -0.394 e. The van der Waals surface area contributed by atoms with Crippen LogP contribution in [0.1, 0.15) is 12.5 Å². The number of nitrogens with one attached hydrogen (secondary N) is 1. The second-order valence-electron chi connectivity index (χ2n) is 3.45. The van der Waals surface area contributed by atoms with Crippen molar-refractivity contribution < 1.29 is 9.90 Å². The van der Waals surface area contributed by atoms with E-state index in [-0.39, 0.29) is 18.6 Å². The van der Waals surface area contributed by atoms with Crippen molar-refractivity contribution in [3.8, 4) is 0 Å². The number of aliphatic hydroxyl groups is 1. The Labute approximate surface area is 103 Å². The van der Waals surface area contributed by atoms with Crippen LogP contribution < -0.4 is 5.32 Å². The number of carbonyl (C=O) groups is 1. The molecule has 0 saturated heterocycles. The Bertz CT molecular complexity index is 390. The van der Waals surface area contributed by atoms with Gasteiger partial charge in [0.25, 0.3) is 0 Å². The summed E-state index contributed by atoms with van der Waals surface area (Å²) in [5, 5.41) is 11.4. The summed E-state index contributed by atoms with van der Waals surface area (Å²) in [7, 11) is 0. The monoisotopic (exact) mass is 283 g/mol. The van der Waals surface area contributed by atoms with E-state index in [0.717, 1.165) is 10.0 Å². The first-order chi connectivity index (χ1) is 7.63. The maximum atomic E-state index is 11.4. The van der Waals surface area contributed by atoms with E-state index in [9.17, 15) is 4.79 Å². The Balaban J connectivity index is 2.60. The lowest BCUT2D eigenvalue weighted by Crippen LogP contribution is -2.33. The summed E-state index contributed by atoms with van der Waals surface area (Å²) in [5.74, 6) is -0.211. The maximum absolute atomic E-state index is 11.4. The van der Waals surface area contributed by atoms with Crippen molar-refractivity contribution in [2.75, 3.05) is 6.61 Å². The van der Waals surface area contributed by atoms with Gasteiger partial charge in [-0.2, -0.15) is 0 Å². The number of amides is 1. The largest absolute Gasteiger partial charge is 0.394 e. The third-order valence-corrected chi connectivity index (χ3v) is 2.70. The zero-order valence-electron chi connectivity index (χ0n) is 8.98. The fraction of sp³-hybridized carbons (Fsp3) is 0.250. The summed E-state index contributed by atoms with van der Waals surface area (Å²) in [5.41, 5.74) is 0.939.